The van der Waals surface area contributed by atoms with Crippen molar-refractivity contribution in [3.8, 4) is 0 Å². The third-order valence-corrected chi connectivity index (χ3v) is 4.43. The monoisotopic (exact) mass is 353 g/mol. The van der Waals surface area contributed by atoms with Crippen LogP contribution in [0.2, 0.25) is 0 Å². The highest BCUT2D eigenvalue weighted by Crippen LogP contribution is 2.37. The first-order chi connectivity index (χ1) is 11.9. The van der Waals surface area contributed by atoms with Gasteiger partial charge in [-0.25, -0.2) is 4.79 Å². The summed E-state index contributed by atoms with van der Waals surface area (Å²) in [5.41, 5.74) is 0. The first-order valence-corrected chi connectivity index (χ1v) is 8.52. The van der Waals surface area contributed by atoms with E-state index in [0.717, 1.165) is 30.6 Å². The van der Waals surface area contributed by atoms with Crippen molar-refractivity contribution in [1.29, 1.82) is 0 Å². The molecular weight excluding hydrogens is 330 g/mol. The average molecular weight is 353 g/mol. The Labute approximate surface area is 145 Å². The first-order valence-electron chi connectivity index (χ1n) is 8.52. The van der Waals surface area contributed by atoms with Crippen LogP contribution in [0.25, 0.3) is 0 Å². The molecule has 1 aliphatic carbocycles. The Morgan fingerprint density at radius 3 is 2.28 bits per heavy atom. The highest BCUT2D eigenvalue weighted by molar-refractivity contribution is 6.05. The number of carbonyl (C=O) groups excluding carboxylic acids is 5. The van der Waals surface area contributed by atoms with E-state index in [1.807, 2.05) is 5.32 Å². The van der Waals surface area contributed by atoms with Crippen LogP contribution in [0, 0.1) is 11.8 Å². The molecule has 1 aliphatic heterocycles. The second-order valence-corrected chi connectivity index (χ2v) is 6.14. The van der Waals surface area contributed by atoms with Gasteiger partial charge in [-0.2, -0.15) is 0 Å². The van der Waals surface area contributed by atoms with Gasteiger partial charge in [-0.15, -0.1) is 0 Å². The number of likely N-dealkylation sites (tertiary alicyclic amines) is 1. The van der Waals surface area contributed by atoms with Gasteiger partial charge in [0.15, 0.2) is 6.61 Å². The standard InChI is InChI=1S/C16H23N3O6/c1-2-17-16(24)18-12(20)9-25-13(21)7-8-19-14(22)10-5-3-4-6-11(10)15(19)23/h10-11H,2-9H2,1H3,(H2,17,18,20,24)/t10-,11+. The van der Waals surface area contributed by atoms with Crippen molar-refractivity contribution in [2.24, 2.45) is 11.8 Å². The topological polar surface area (TPSA) is 122 Å². The number of nitrogens with one attached hydrogen (secondary N) is 2. The highest BCUT2D eigenvalue weighted by atomic mass is 16.5. The lowest BCUT2D eigenvalue weighted by molar-refractivity contribution is -0.149. The number of nitrogens with zero attached hydrogens (tertiary/aromatic N) is 1. The van der Waals surface area contributed by atoms with Crippen LogP contribution in [-0.2, 0) is 23.9 Å². The third kappa shape index (κ3) is 4.77. The lowest BCUT2D eigenvalue weighted by Gasteiger charge is -2.19. The number of rotatable bonds is 6. The summed E-state index contributed by atoms with van der Waals surface area (Å²) in [5, 5.41) is 4.36. The normalized spacial score (nSPS) is 22.4. The number of esters is 1. The first kappa shape index (κ1) is 18.9. The van der Waals surface area contributed by atoms with E-state index < -0.39 is 24.5 Å². The molecule has 2 N–H and O–H groups in total. The van der Waals surface area contributed by atoms with Gasteiger partial charge in [0.05, 0.1) is 18.3 Å². The number of fused-ring (bicyclic) bond motifs is 1. The number of amides is 5. The Bertz CT molecular complexity index is 552. The van der Waals surface area contributed by atoms with E-state index in [4.69, 9.17) is 4.74 Å². The fourth-order valence-electron chi connectivity index (χ4n) is 3.24. The summed E-state index contributed by atoms with van der Waals surface area (Å²) in [6.45, 7) is 1.42. The van der Waals surface area contributed by atoms with Gasteiger partial charge < -0.3 is 10.1 Å². The molecule has 1 saturated heterocycles. The van der Waals surface area contributed by atoms with Gasteiger partial charge in [0.2, 0.25) is 11.8 Å². The Hall–Kier alpha value is -2.45. The zero-order chi connectivity index (χ0) is 18.4. The fraction of sp³-hybridized carbons (Fsp3) is 0.688. The number of carbonyl (C=O) groups is 5. The van der Waals surface area contributed by atoms with Gasteiger partial charge in [-0.05, 0) is 19.8 Å². The molecule has 2 fully saturated rings. The summed E-state index contributed by atoms with van der Waals surface area (Å²) in [5.74, 6) is -2.38. The molecule has 2 rings (SSSR count). The van der Waals surface area contributed by atoms with Gasteiger partial charge in [0, 0.05) is 13.1 Å². The van der Waals surface area contributed by atoms with Crippen LogP contribution in [0.3, 0.4) is 0 Å². The van der Waals surface area contributed by atoms with Crippen LogP contribution in [0.4, 0.5) is 4.79 Å². The summed E-state index contributed by atoms with van der Waals surface area (Å²) < 4.78 is 4.75. The number of imide groups is 2. The maximum atomic E-state index is 12.3. The van der Waals surface area contributed by atoms with Gasteiger partial charge in [0.25, 0.3) is 5.91 Å². The molecule has 0 aromatic rings. The Morgan fingerprint density at radius 2 is 1.72 bits per heavy atom. The molecule has 0 spiro atoms. The van der Waals surface area contributed by atoms with Crippen LogP contribution in [-0.4, -0.2) is 54.3 Å². The van der Waals surface area contributed by atoms with Crippen LogP contribution in [0.15, 0.2) is 0 Å². The van der Waals surface area contributed by atoms with Gasteiger partial charge >= 0.3 is 12.0 Å². The molecule has 138 valence electrons. The molecule has 0 bridgehead atoms. The largest absolute Gasteiger partial charge is 0.456 e. The maximum absolute atomic E-state index is 12.3. The zero-order valence-corrected chi connectivity index (χ0v) is 14.2. The molecule has 1 heterocycles. The minimum absolute atomic E-state index is 0.0402. The molecule has 0 radical (unpaired) electrons. The van der Waals surface area contributed by atoms with E-state index in [0.29, 0.717) is 6.54 Å². The van der Waals surface area contributed by atoms with E-state index in [1.165, 1.54) is 0 Å². The molecular formula is C16H23N3O6. The van der Waals surface area contributed by atoms with Crippen LogP contribution in [0.5, 0.6) is 0 Å². The predicted octanol–water partition coefficient (Wildman–Crippen LogP) is -0.0594. The Morgan fingerprint density at radius 1 is 1.12 bits per heavy atom. The minimum Gasteiger partial charge on any atom is -0.456 e. The molecule has 0 unspecified atom stereocenters. The van der Waals surface area contributed by atoms with Gasteiger partial charge in [-0.1, -0.05) is 12.8 Å². The Kier molecular flexibility index (Phi) is 6.49. The lowest BCUT2D eigenvalue weighted by atomic mass is 9.81. The van der Waals surface area contributed by atoms with Crippen molar-refractivity contribution in [2.75, 3.05) is 19.7 Å². The van der Waals surface area contributed by atoms with Crippen LogP contribution < -0.4 is 10.6 Å². The van der Waals surface area contributed by atoms with E-state index in [-0.39, 0.29) is 36.6 Å². The lowest BCUT2D eigenvalue weighted by Crippen LogP contribution is -2.41. The smallest absolute Gasteiger partial charge is 0.321 e. The fourth-order valence-corrected chi connectivity index (χ4v) is 3.24. The van der Waals surface area contributed by atoms with E-state index >= 15 is 0 Å². The molecule has 5 amide bonds. The second-order valence-electron chi connectivity index (χ2n) is 6.14. The van der Waals surface area contributed by atoms with E-state index in [1.54, 1.807) is 6.92 Å². The van der Waals surface area contributed by atoms with Crippen molar-refractivity contribution >= 4 is 29.7 Å². The molecule has 2 aliphatic rings. The number of hydrogen-bond acceptors (Lipinski definition) is 6. The van der Waals surface area contributed by atoms with Crippen molar-refractivity contribution in [3.63, 3.8) is 0 Å². The average Bonchev–Trinajstić information content (AvgIpc) is 2.83. The number of hydrogen-bond donors (Lipinski definition) is 2. The summed E-state index contributed by atoms with van der Waals surface area (Å²) >= 11 is 0. The van der Waals surface area contributed by atoms with E-state index in [9.17, 15) is 24.0 Å². The number of urea groups is 1. The van der Waals surface area contributed by atoms with Crippen LogP contribution >= 0.6 is 0 Å². The SMILES string of the molecule is CCNC(=O)NC(=O)COC(=O)CCN1C(=O)[C@H]2CCCC[C@H]2C1=O. The highest BCUT2D eigenvalue weighted by Gasteiger charge is 2.47. The Balaban J connectivity index is 1.73. The molecule has 9 nitrogen and oxygen atoms in total. The molecule has 1 saturated carbocycles. The van der Waals surface area contributed by atoms with Crippen molar-refractivity contribution in [3.05, 3.63) is 0 Å². The van der Waals surface area contributed by atoms with Gasteiger partial charge in [-0.3, -0.25) is 29.4 Å². The summed E-state index contributed by atoms with van der Waals surface area (Å²) in [4.78, 5) is 59.9. The van der Waals surface area contributed by atoms with Gasteiger partial charge in [0.1, 0.15) is 0 Å². The number of ether oxygens (including phenoxy) is 1. The summed E-state index contributed by atoms with van der Waals surface area (Å²) in [6.07, 6.45) is 3.14. The summed E-state index contributed by atoms with van der Waals surface area (Å²) in [6, 6.07) is -0.667. The molecule has 2 atom stereocenters. The third-order valence-electron chi connectivity index (χ3n) is 4.43. The summed E-state index contributed by atoms with van der Waals surface area (Å²) in [7, 11) is 0. The molecule has 25 heavy (non-hydrogen) atoms. The predicted molar refractivity (Wildman–Crippen MR) is 85.0 cm³/mol. The maximum Gasteiger partial charge on any atom is 0.321 e. The van der Waals surface area contributed by atoms with Crippen LogP contribution in [0.1, 0.15) is 39.0 Å². The quantitative estimate of drug-likeness (QED) is 0.510. The van der Waals surface area contributed by atoms with Crippen molar-refractivity contribution in [1.82, 2.24) is 15.5 Å². The van der Waals surface area contributed by atoms with Crippen molar-refractivity contribution < 1.29 is 28.7 Å². The van der Waals surface area contributed by atoms with E-state index in [2.05, 4.69) is 5.32 Å². The molecule has 0 aromatic heterocycles. The molecule has 0 aromatic carbocycles. The minimum atomic E-state index is -0.751. The second kappa shape index (κ2) is 8.59. The van der Waals surface area contributed by atoms with Crippen molar-refractivity contribution in [2.45, 2.75) is 39.0 Å². The molecule has 9 heteroatoms. The zero-order valence-electron chi connectivity index (χ0n) is 14.2.